The molecule has 4 rings (SSSR count). The highest BCUT2D eigenvalue weighted by atomic mass is 32.2. The van der Waals surface area contributed by atoms with Crippen LogP contribution in [0, 0.1) is 0 Å². The average Bonchev–Trinajstić information content (AvgIpc) is 3.05. The number of piperazine rings is 1. The summed E-state index contributed by atoms with van der Waals surface area (Å²) in [6, 6.07) is 8.34. The molecule has 3 heterocycles. The molecule has 0 atom stereocenters. The van der Waals surface area contributed by atoms with Crippen molar-refractivity contribution in [3.8, 4) is 0 Å². The van der Waals surface area contributed by atoms with E-state index in [1.54, 1.807) is 36.4 Å². The minimum Gasteiger partial charge on any atom is -0.352 e. The highest BCUT2D eigenvalue weighted by Crippen LogP contribution is 2.30. The van der Waals surface area contributed by atoms with E-state index < -0.39 is 9.73 Å². The molecular weight excluding hydrogens is 368 g/mol. The number of fused-ring (bicyclic) bond motifs is 1. The van der Waals surface area contributed by atoms with Crippen molar-refractivity contribution in [2.45, 2.75) is 0 Å². The standard InChI is InChI=1S/C17H20N6OS2/c1-26(2,24)21-13-11-18-17(19-12-13)23-9-7-22(8-10-23)16-14-5-3-4-6-15(14)25-20-16/h3-6,11-12H,7-10H2,1-2H3. The third-order valence-corrected chi connectivity index (χ3v) is 5.64. The van der Waals surface area contributed by atoms with Gasteiger partial charge < -0.3 is 9.80 Å². The minimum absolute atomic E-state index is 0.552. The maximum Gasteiger partial charge on any atom is 0.225 e. The van der Waals surface area contributed by atoms with Gasteiger partial charge in [0.15, 0.2) is 0 Å². The molecule has 0 radical (unpaired) electrons. The van der Waals surface area contributed by atoms with Crippen LogP contribution in [0.15, 0.2) is 41.0 Å². The van der Waals surface area contributed by atoms with Crippen molar-refractivity contribution in [2.24, 2.45) is 4.36 Å². The highest BCUT2D eigenvalue weighted by molar-refractivity contribution is 7.92. The van der Waals surface area contributed by atoms with Crippen LogP contribution in [0.4, 0.5) is 17.5 Å². The average molecular weight is 389 g/mol. The monoisotopic (exact) mass is 388 g/mol. The van der Waals surface area contributed by atoms with E-state index in [0.29, 0.717) is 11.6 Å². The van der Waals surface area contributed by atoms with Crippen molar-refractivity contribution in [1.82, 2.24) is 14.3 Å². The minimum atomic E-state index is -2.20. The number of aromatic nitrogens is 3. The molecule has 1 aliphatic heterocycles. The number of anilines is 2. The fourth-order valence-corrected chi connectivity index (χ4v) is 4.40. The molecule has 0 spiro atoms. The zero-order valence-corrected chi connectivity index (χ0v) is 16.3. The maximum absolute atomic E-state index is 11.7. The molecule has 0 saturated carbocycles. The van der Waals surface area contributed by atoms with E-state index >= 15 is 0 Å². The number of hydrogen-bond acceptors (Lipinski definition) is 8. The lowest BCUT2D eigenvalue weighted by molar-refractivity contribution is 0.638. The smallest absolute Gasteiger partial charge is 0.225 e. The van der Waals surface area contributed by atoms with Gasteiger partial charge in [-0.1, -0.05) is 12.1 Å². The van der Waals surface area contributed by atoms with Gasteiger partial charge in [0.25, 0.3) is 0 Å². The predicted octanol–water partition coefficient (Wildman–Crippen LogP) is 2.77. The Morgan fingerprint density at radius 3 is 2.38 bits per heavy atom. The van der Waals surface area contributed by atoms with Crippen LogP contribution in [-0.2, 0) is 9.73 Å². The molecule has 0 unspecified atom stereocenters. The number of benzene rings is 1. The predicted molar refractivity (Wildman–Crippen MR) is 108 cm³/mol. The van der Waals surface area contributed by atoms with Gasteiger partial charge in [-0.15, -0.1) is 0 Å². The van der Waals surface area contributed by atoms with Gasteiger partial charge in [0.2, 0.25) is 5.95 Å². The molecule has 2 aromatic heterocycles. The first-order chi connectivity index (χ1) is 12.5. The third kappa shape index (κ3) is 3.63. The maximum atomic E-state index is 11.7. The Morgan fingerprint density at radius 2 is 1.69 bits per heavy atom. The Kier molecular flexibility index (Phi) is 4.49. The van der Waals surface area contributed by atoms with Crippen molar-refractivity contribution in [3.05, 3.63) is 36.7 Å². The Bertz CT molecular complexity index is 1020. The molecular formula is C17H20N6OS2. The van der Waals surface area contributed by atoms with Gasteiger partial charge in [0, 0.05) is 53.8 Å². The lowest BCUT2D eigenvalue weighted by Crippen LogP contribution is -2.47. The quantitative estimate of drug-likeness (QED) is 0.687. The van der Waals surface area contributed by atoms with E-state index in [4.69, 9.17) is 0 Å². The van der Waals surface area contributed by atoms with Crippen LogP contribution in [0.25, 0.3) is 10.1 Å². The normalized spacial score (nSPS) is 15.5. The summed E-state index contributed by atoms with van der Waals surface area (Å²) in [5.41, 5.74) is 0.552. The van der Waals surface area contributed by atoms with Gasteiger partial charge in [-0.2, -0.15) is 8.74 Å². The van der Waals surface area contributed by atoms with Crippen LogP contribution in [0.1, 0.15) is 0 Å². The van der Waals surface area contributed by atoms with Crippen molar-refractivity contribution >= 4 is 48.8 Å². The first kappa shape index (κ1) is 17.2. The van der Waals surface area contributed by atoms with E-state index in [-0.39, 0.29) is 0 Å². The van der Waals surface area contributed by atoms with E-state index in [1.165, 1.54) is 10.1 Å². The summed E-state index contributed by atoms with van der Waals surface area (Å²) in [5, 5.41) is 1.22. The second kappa shape index (κ2) is 6.81. The Balaban J connectivity index is 1.46. The van der Waals surface area contributed by atoms with Gasteiger partial charge in [-0.3, -0.25) is 0 Å². The van der Waals surface area contributed by atoms with Gasteiger partial charge in [0.1, 0.15) is 11.5 Å². The second-order valence-corrected chi connectivity index (χ2v) is 9.84. The molecule has 136 valence electrons. The topological polar surface area (TPSA) is 74.6 Å². The summed E-state index contributed by atoms with van der Waals surface area (Å²) in [6.07, 6.45) is 6.47. The fourth-order valence-electron chi connectivity index (χ4n) is 3.00. The summed E-state index contributed by atoms with van der Waals surface area (Å²) in [6.45, 7) is 3.42. The van der Waals surface area contributed by atoms with Gasteiger partial charge >= 0.3 is 0 Å². The summed E-state index contributed by atoms with van der Waals surface area (Å²) in [5.74, 6) is 1.76. The van der Waals surface area contributed by atoms with Crippen LogP contribution in [0.5, 0.6) is 0 Å². The zero-order valence-electron chi connectivity index (χ0n) is 14.7. The summed E-state index contributed by atoms with van der Waals surface area (Å²) >= 11 is 1.55. The number of hydrogen-bond donors (Lipinski definition) is 0. The van der Waals surface area contributed by atoms with E-state index in [1.807, 2.05) is 6.07 Å². The van der Waals surface area contributed by atoms with Crippen LogP contribution in [0.3, 0.4) is 0 Å². The second-order valence-electron chi connectivity index (χ2n) is 6.49. The molecule has 1 aromatic carbocycles. The molecule has 7 nitrogen and oxygen atoms in total. The lowest BCUT2D eigenvalue weighted by Gasteiger charge is -2.35. The molecule has 1 fully saturated rings. The summed E-state index contributed by atoms with van der Waals surface area (Å²) < 4.78 is 21.7. The molecule has 0 N–H and O–H groups in total. The van der Waals surface area contributed by atoms with Crippen LogP contribution in [0.2, 0.25) is 0 Å². The Morgan fingerprint density at radius 1 is 1.04 bits per heavy atom. The molecule has 0 amide bonds. The Hall–Kier alpha value is -2.26. The van der Waals surface area contributed by atoms with Gasteiger partial charge in [-0.05, 0) is 23.7 Å². The number of nitrogens with zero attached hydrogens (tertiary/aromatic N) is 6. The molecule has 0 aliphatic carbocycles. The van der Waals surface area contributed by atoms with Gasteiger partial charge in [0.05, 0.1) is 17.1 Å². The Labute approximate surface area is 157 Å². The summed E-state index contributed by atoms with van der Waals surface area (Å²) in [7, 11) is -2.20. The molecule has 1 saturated heterocycles. The largest absolute Gasteiger partial charge is 0.352 e. The first-order valence-corrected chi connectivity index (χ1v) is 11.4. The van der Waals surface area contributed by atoms with E-state index in [2.05, 4.69) is 46.7 Å². The molecule has 0 bridgehead atoms. The van der Waals surface area contributed by atoms with Crippen molar-refractivity contribution in [1.29, 1.82) is 0 Å². The SMILES string of the molecule is CS(C)(=O)=Nc1cnc(N2CCN(c3nsc4ccccc34)CC2)nc1. The van der Waals surface area contributed by atoms with Crippen molar-refractivity contribution in [2.75, 3.05) is 48.5 Å². The van der Waals surface area contributed by atoms with Gasteiger partial charge in [-0.25, -0.2) is 14.2 Å². The van der Waals surface area contributed by atoms with Crippen molar-refractivity contribution in [3.63, 3.8) is 0 Å². The first-order valence-electron chi connectivity index (χ1n) is 8.33. The molecule has 1 aliphatic rings. The molecule has 9 heteroatoms. The lowest BCUT2D eigenvalue weighted by atomic mass is 10.2. The number of rotatable bonds is 3. The zero-order chi connectivity index (χ0) is 18.1. The van der Waals surface area contributed by atoms with Crippen LogP contribution >= 0.6 is 11.5 Å². The third-order valence-electron chi connectivity index (χ3n) is 4.17. The summed E-state index contributed by atoms with van der Waals surface area (Å²) in [4.78, 5) is 13.3. The van der Waals surface area contributed by atoms with Crippen molar-refractivity contribution < 1.29 is 4.21 Å². The van der Waals surface area contributed by atoms with Crippen LogP contribution in [-0.4, -0.2) is 57.2 Å². The van der Waals surface area contributed by atoms with Crippen LogP contribution < -0.4 is 9.80 Å². The van der Waals surface area contributed by atoms with E-state index in [9.17, 15) is 4.21 Å². The van der Waals surface area contributed by atoms with E-state index in [0.717, 1.165) is 32.0 Å². The molecule has 3 aromatic rings. The molecule has 26 heavy (non-hydrogen) atoms. The fraction of sp³-hybridized carbons (Fsp3) is 0.353. The highest BCUT2D eigenvalue weighted by Gasteiger charge is 2.22.